The molecular weight excluding hydrogens is 548 g/mol. The zero-order chi connectivity index (χ0) is 23.2. The van der Waals surface area contributed by atoms with E-state index in [-0.39, 0.29) is 18.6 Å². The van der Waals surface area contributed by atoms with Crippen molar-refractivity contribution in [3.05, 3.63) is 92.9 Å². The van der Waals surface area contributed by atoms with Crippen molar-refractivity contribution in [1.29, 1.82) is 0 Å². The van der Waals surface area contributed by atoms with Gasteiger partial charge in [-0.1, -0.05) is 68.3 Å². The fourth-order valence-electron chi connectivity index (χ4n) is 4.10. The van der Waals surface area contributed by atoms with Gasteiger partial charge in [0.2, 0.25) is 0 Å². The van der Waals surface area contributed by atoms with Gasteiger partial charge in [0.1, 0.15) is 0 Å². The van der Waals surface area contributed by atoms with Gasteiger partial charge in [-0.2, -0.15) is 0 Å². The summed E-state index contributed by atoms with van der Waals surface area (Å²) >= 11 is 7.07. The van der Waals surface area contributed by atoms with E-state index in [2.05, 4.69) is 85.3 Å². The van der Waals surface area contributed by atoms with Crippen molar-refractivity contribution in [2.45, 2.75) is 6.04 Å². The Morgan fingerprint density at radius 1 is 0.818 bits per heavy atom. The Balaban J connectivity index is 1.42. The number of amides is 1. The maximum atomic E-state index is 12.8. The summed E-state index contributed by atoms with van der Waals surface area (Å²) in [6.45, 7) is 2.91. The minimum absolute atomic E-state index is 0.00320. The van der Waals surface area contributed by atoms with Crippen LogP contribution in [0.15, 0.2) is 81.7 Å². The summed E-state index contributed by atoms with van der Waals surface area (Å²) in [5, 5.41) is 0. The van der Waals surface area contributed by atoms with Crippen molar-refractivity contribution in [1.82, 2.24) is 9.80 Å². The first-order valence-electron chi connectivity index (χ1n) is 10.8. The molecule has 0 saturated carbocycles. The molecule has 7 heteroatoms. The van der Waals surface area contributed by atoms with Crippen molar-refractivity contribution in [3.63, 3.8) is 0 Å². The van der Waals surface area contributed by atoms with E-state index in [1.54, 1.807) is 7.11 Å². The molecule has 0 aliphatic carbocycles. The van der Waals surface area contributed by atoms with Crippen LogP contribution in [-0.2, 0) is 4.79 Å². The van der Waals surface area contributed by atoms with Gasteiger partial charge in [-0.3, -0.25) is 9.69 Å². The number of para-hydroxylation sites is 2. The van der Waals surface area contributed by atoms with Gasteiger partial charge >= 0.3 is 0 Å². The van der Waals surface area contributed by atoms with Gasteiger partial charge in [-0.15, -0.1) is 0 Å². The number of carbonyl (C=O) groups is 1. The van der Waals surface area contributed by atoms with Crippen molar-refractivity contribution in [2.24, 2.45) is 0 Å². The second kappa shape index (κ2) is 11.2. The lowest BCUT2D eigenvalue weighted by molar-refractivity contribution is -0.135. The molecule has 3 aromatic carbocycles. The molecule has 0 atom stereocenters. The number of piperazine rings is 1. The zero-order valence-corrected chi connectivity index (χ0v) is 21.6. The van der Waals surface area contributed by atoms with Crippen LogP contribution < -0.4 is 9.47 Å². The van der Waals surface area contributed by atoms with Crippen LogP contribution >= 0.6 is 31.9 Å². The van der Waals surface area contributed by atoms with Gasteiger partial charge in [0.15, 0.2) is 18.1 Å². The molecule has 0 aromatic heterocycles. The Kier molecular flexibility index (Phi) is 8.06. The van der Waals surface area contributed by atoms with E-state index in [9.17, 15) is 4.79 Å². The fraction of sp³-hybridized carbons (Fsp3) is 0.269. The summed E-state index contributed by atoms with van der Waals surface area (Å²) in [5.74, 6) is 1.20. The maximum absolute atomic E-state index is 12.8. The highest BCUT2D eigenvalue weighted by atomic mass is 79.9. The Bertz CT molecular complexity index is 1020. The summed E-state index contributed by atoms with van der Waals surface area (Å²) in [6.07, 6.45) is 0. The molecule has 1 amide bonds. The average molecular weight is 574 g/mol. The summed E-state index contributed by atoms with van der Waals surface area (Å²) in [4.78, 5) is 17.1. The highest BCUT2D eigenvalue weighted by Gasteiger charge is 2.28. The van der Waals surface area contributed by atoms with Crippen LogP contribution in [0.5, 0.6) is 11.5 Å². The van der Waals surface area contributed by atoms with Gasteiger partial charge in [0.05, 0.1) is 13.2 Å². The molecule has 5 nitrogen and oxygen atoms in total. The van der Waals surface area contributed by atoms with Crippen LogP contribution in [0.1, 0.15) is 17.2 Å². The Labute approximate surface area is 211 Å². The van der Waals surface area contributed by atoms with Crippen LogP contribution in [0.2, 0.25) is 0 Å². The number of halogens is 2. The lowest BCUT2D eigenvalue weighted by atomic mass is 9.96. The number of nitrogens with zero attached hydrogens (tertiary/aromatic N) is 2. The number of hydrogen-bond donors (Lipinski definition) is 0. The fourth-order valence-corrected chi connectivity index (χ4v) is 4.63. The molecule has 0 N–H and O–H groups in total. The molecule has 1 fully saturated rings. The molecular formula is C26H26Br2N2O3. The van der Waals surface area contributed by atoms with E-state index in [1.165, 1.54) is 11.1 Å². The van der Waals surface area contributed by atoms with Gasteiger partial charge in [0.25, 0.3) is 5.91 Å². The largest absolute Gasteiger partial charge is 0.493 e. The molecule has 1 aliphatic rings. The third kappa shape index (κ3) is 5.96. The molecule has 1 heterocycles. The number of hydrogen-bond acceptors (Lipinski definition) is 4. The third-order valence-electron chi connectivity index (χ3n) is 5.82. The Hall–Kier alpha value is -2.35. The molecule has 0 unspecified atom stereocenters. The van der Waals surface area contributed by atoms with Crippen molar-refractivity contribution in [3.8, 4) is 11.5 Å². The first-order chi connectivity index (χ1) is 16.0. The van der Waals surface area contributed by atoms with Gasteiger partial charge < -0.3 is 14.4 Å². The molecule has 0 bridgehead atoms. The maximum Gasteiger partial charge on any atom is 0.260 e. The molecule has 0 radical (unpaired) electrons. The van der Waals surface area contributed by atoms with E-state index >= 15 is 0 Å². The molecule has 1 aliphatic heterocycles. The third-order valence-corrected chi connectivity index (χ3v) is 6.88. The van der Waals surface area contributed by atoms with E-state index in [1.807, 2.05) is 29.2 Å². The monoisotopic (exact) mass is 572 g/mol. The number of rotatable bonds is 7. The normalized spacial score (nSPS) is 14.4. The first-order valence-corrected chi connectivity index (χ1v) is 12.4. The van der Waals surface area contributed by atoms with Gasteiger partial charge in [-0.05, 0) is 47.5 Å². The number of methoxy groups -OCH3 is 1. The van der Waals surface area contributed by atoms with Crippen LogP contribution in [0, 0.1) is 0 Å². The number of benzene rings is 3. The smallest absolute Gasteiger partial charge is 0.260 e. The van der Waals surface area contributed by atoms with E-state index < -0.39 is 0 Å². The first kappa shape index (κ1) is 23.8. The predicted octanol–water partition coefficient (Wildman–Crippen LogP) is 5.53. The highest BCUT2D eigenvalue weighted by molar-refractivity contribution is 9.10. The van der Waals surface area contributed by atoms with Crippen LogP contribution in [-0.4, -0.2) is 55.6 Å². The average Bonchev–Trinajstić information content (AvgIpc) is 2.85. The predicted molar refractivity (Wildman–Crippen MR) is 137 cm³/mol. The quantitative estimate of drug-likeness (QED) is 0.372. The van der Waals surface area contributed by atoms with Crippen molar-refractivity contribution < 1.29 is 14.3 Å². The van der Waals surface area contributed by atoms with Crippen LogP contribution in [0.4, 0.5) is 0 Å². The molecule has 4 rings (SSSR count). The van der Waals surface area contributed by atoms with Gasteiger partial charge in [0, 0.05) is 35.1 Å². The topological polar surface area (TPSA) is 42.0 Å². The zero-order valence-electron chi connectivity index (χ0n) is 18.4. The minimum atomic E-state index is -0.00982. The summed E-state index contributed by atoms with van der Waals surface area (Å²) in [7, 11) is 1.59. The highest BCUT2D eigenvalue weighted by Crippen LogP contribution is 2.31. The van der Waals surface area contributed by atoms with Crippen molar-refractivity contribution in [2.75, 3.05) is 39.9 Å². The number of ether oxygens (including phenoxy) is 2. The second-order valence-electron chi connectivity index (χ2n) is 7.86. The van der Waals surface area contributed by atoms with Crippen LogP contribution in [0.25, 0.3) is 0 Å². The van der Waals surface area contributed by atoms with Gasteiger partial charge in [-0.25, -0.2) is 0 Å². The SMILES string of the molecule is COc1ccccc1OCC(=O)N1CCN(C(c2ccc(Br)cc2)c2ccc(Br)cc2)CC1. The summed E-state index contributed by atoms with van der Waals surface area (Å²) in [5.41, 5.74) is 2.47. The number of carbonyl (C=O) groups excluding carboxylic acids is 1. The molecule has 0 spiro atoms. The molecule has 33 heavy (non-hydrogen) atoms. The minimum Gasteiger partial charge on any atom is -0.493 e. The lowest BCUT2D eigenvalue weighted by Crippen LogP contribution is -2.51. The second-order valence-corrected chi connectivity index (χ2v) is 9.69. The van der Waals surface area contributed by atoms with Crippen LogP contribution in [0.3, 0.4) is 0 Å². The summed E-state index contributed by atoms with van der Waals surface area (Å²) < 4.78 is 13.2. The summed E-state index contributed by atoms with van der Waals surface area (Å²) in [6, 6.07) is 24.5. The van der Waals surface area contributed by atoms with E-state index in [0.29, 0.717) is 24.6 Å². The van der Waals surface area contributed by atoms with E-state index in [0.717, 1.165) is 22.0 Å². The standard InChI is InChI=1S/C26H26Br2N2O3/c1-32-23-4-2-3-5-24(23)33-18-25(31)29-14-16-30(17-15-29)26(19-6-10-21(27)11-7-19)20-8-12-22(28)13-9-20/h2-13,26H,14-18H2,1H3. The molecule has 172 valence electrons. The Morgan fingerprint density at radius 2 is 1.33 bits per heavy atom. The Morgan fingerprint density at radius 3 is 1.85 bits per heavy atom. The molecule has 3 aromatic rings. The molecule has 1 saturated heterocycles. The lowest BCUT2D eigenvalue weighted by Gasteiger charge is -2.39. The van der Waals surface area contributed by atoms with E-state index in [4.69, 9.17) is 9.47 Å². The van der Waals surface area contributed by atoms with Crippen molar-refractivity contribution >= 4 is 37.8 Å².